The number of non-ortho nitro benzene ring substituents is 1. The number of hydrogen-bond acceptors (Lipinski definition) is 4. The first-order valence-electron chi connectivity index (χ1n) is 6.80. The van der Waals surface area contributed by atoms with E-state index in [2.05, 4.69) is 0 Å². The predicted molar refractivity (Wildman–Crippen MR) is 81.2 cm³/mol. The summed E-state index contributed by atoms with van der Waals surface area (Å²) in [6.45, 7) is 1.87. The lowest BCUT2D eigenvalue weighted by Crippen LogP contribution is -2.36. The number of benzene rings is 2. The maximum Gasteiger partial charge on any atom is 0.269 e. The van der Waals surface area contributed by atoms with Crippen molar-refractivity contribution in [1.29, 1.82) is 0 Å². The number of carbonyl (C=O) groups is 1. The van der Waals surface area contributed by atoms with Gasteiger partial charge in [0.15, 0.2) is 5.75 Å². The van der Waals surface area contributed by atoms with Crippen molar-refractivity contribution in [2.45, 2.75) is 19.4 Å². The van der Waals surface area contributed by atoms with E-state index in [0.29, 0.717) is 18.6 Å². The number of hydrogen-bond donors (Lipinski definition) is 0. The van der Waals surface area contributed by atoms with Gasteiger partial charge in [-0.15, -0.1) is 0 Å². The van der Waals surface area contributed by atoms with Gasteiger partial charge in [-0.25, -0.2) is 0 Å². The Hall–Kier alpha value is -2.89. The molecule has 0 radical (unpaired) electrons. The molecule has 0 aliphatic carbocycles. The van der Waals surface area contributed by atoms with Crippen LogP contribution in [0.4, 0.5) is 5.69 Å². The first kappa shape index (κ1) is 15.5. The number of carbonyl (C=O) groups excluding carboxylic acids is 1. The maximum atomic E-state index is 11.2. The molecule has 2 aromatic carbocycles. The summed E-state index contributed by atoms with van der Waals surface area (Å²) >= 11 is 0. The van der Waals surface area contributed by atoms with Gasteiger partial charge in [0.05, 0.1) is 11.0 Å². The van der Waals surface area contributed by atoms with Crippen LogP contribution in [-0.4, -0.2) is 22.4 Å². The van der Waals surface area contributed by atoms with E-state index in [0.717, 1.165) is 5.56 Å². The van der Waals surface area contributed by atoms with Crippen molar-refractivity contribution in [1.82, 2.24) is 5.06 Å². The topological polar surface area (TPSA) is 72.7 Å². The van der Waals surface area contributed by atoms with Crippen LogP contribution in [0.5, 0.6) is 5.75 Å². The molecule has 0 bridgehead atoms. The largest absolute Gasteiger partial charge is 0.377 e. The summed E-state index contributed by atoms with van der Waals surface area (Å²) in [6.07, 6.45) is 1.25. The number of hydroxylamine groups is 2. The van der Waals surface area contributed by atoms with Gasteiger partial charge in [-0.3, -0.25) is 14.9 Å². The molecule has 0 aromatic heterocycles. The average Bonchev–Trinajstić information content (AvgIpc) is 2.53. The van der Waals surface area contributed by atoms with E-state index in [1.165, 1.54) is 29.3 Å². The van der Waals surface area contributed by atoms with Crippen molar-refractivity contribution in [3.63, 3.8) is 0 Å². The molecule has 0 heterocycles. The monoisotopic (exact) mass is 300 g/mol. The molecule has 2 rings (SSSR count). The fourth-order valence-corrected chi connectivity index (χ4v) is 2.01. The van der Waals surface area contributed by atoms with Gasteiger partial charge in [-0.1, -0.05) is 30.3 Å². The zero-order chi connectivity index (χ0) is 15.9. The Kier molecular flexibility index (Phi) is 5.08. The molecule has 114 valence electrons. The molecule has 0 aliphatic rings. The third-order valence-corrected chi connectivity index (χ3v) is 3.17. The number of amides is 1. The molecule has 0 saturated heterocycles. The Morgan fingerprint density at radius 2 is 1.82 bits per heavy atom. The van der Waals surface area contributed by atoms with Crippen molar-refractivity contribution in [3.05, 3.63) is 70.3 Å². The second-order valence-corrected chi connectivity index (χ2v) is 4.85. The smallest absolute Gasteiger partial charge is 0.269 e. The fourth-order valence-electron chi connectivity index (χ4n) is 2.01. The van der Waals surface area contributed by atoms with Crippen LogP contribution in [0.15, 0.2) is 54.6 Å². The lowest BCUT2D eigenvalue weighted by atomic mass is 10.1. The van der Waals surface area contributed by atoms with Crippen molar-refractivity contribution < 1.29 is 14.6 Å². The average molecular weight is 300 g/mol. The molecule has 0 spiro atoms. The summed E-state index contributed by atoms with van der Waals surface area (Å²) in [7, 11) is 0. The third-order valence-electron chi connectivity index (χ3n) is 3.17. The molecule has 2 aromatic rings. The quantitative estimate of drug-likeness (QED) is 0.447. The van der Waals surface area contributed by atoms with Crippen molar-refractivity contribution >= 4 is 12.1 Å². The Balaban J connectivity index is 2.01. The highest BCUT2D eigenvalue weighted by Crippen LogP contribution is 2.19. The van der Waals surface area contributed by atoms with E-state index >= 15 is 0 Å². The molecule has 0 aliphatic heterocycles. The number of nitrogens with zero attached hydrogens (tertiary/aromatic N) is 2. The normalized spacial score (nSPS) is 11.5. The van der Waals surface area contributed by atoms with Gasteiger partial charge in [-0.2, -0.15) is 5.06 Å². The van der Waals surface area contributed by atoms with Crippen LogP contribution in [0.1, 0.15) is 12.5 Å². The van der Waals surface area contributed by atoms with Crippen LogP contribution in [0, 0.1) is 10.1 Å². The molecule has 6 nitrogen and oxygen atoms in total. The van der Waals surface area contributed by atoms with Crippen LogP contribution < -0.4 is 4.84 Å². The Labute approximate surface area is 128 Å². The van der Waals surface area contributed by atoms with E-state index in [1.54, 1.807) is 0 Å². The zero-order valence-corrected chi connectivity index (χ0v) is 12.1. The lowest BCUT2D eigenvalue weighted by Gasteiger charge is -2.24. The minimum Gasteiger partial charge on any atom is -0.377 e. The van der Waals surface area contributed by atoms with Gasteiger partial charge in [0.2, 0.25) is 6.41 Å². The van der Waals surface area contributed by atoms with Crippen molar-refractivity contribution in [3.8, 4) is 5.75 Å². The van der Waals surface area contributed by atoms with Crippen LogP contribution in [0.2, 0.25) is 0 Å². The summed E-state index contributed by atoms with van der Waals surface area (Å²) in [5.74, 6) is 0.373. The van der Waals surface area contributed by atoms with Gasteiger partial charge in [0, 0.05) is 12.1 Å². The van der Waals surface area contributed by atoms with E-state index in [1.807, 2.05) is 37.3 Å². The standard InChI is InChI=1S/C16H16N2O4/c1-13(11-14-5-3-2-4-6-14)17(12-19)22-16-9-7-15(8-10-16)18(20)21/h2-10,12-13H,11H2,1H3/t13-/m0/s1. The van der Waals surface area contributed by atoms with Crippen molar-refractivity contribution in [2.75, 3.05) is 0 Å². The summed E-state index contributed by atoms with van der Waals surface area (Å²) in [5.41, 5.74) is 1.07. The SMILES string of the molecule is C[C@@H](Cc1ccccc1)N(C=O)Oc1ccc([N+](=O)[O-])cc1. The molecule has 0 unspecified atom stereocenters. The molecule has 1 atom stereocenters. The fraction of sp³-hybridized carbons (Fsp3) is 0.188. The maximum absolute atomic E-state index is 11.2. The first-order chi connectivity index (χ1) is 10.6. The third kappa shape index (κ3) is 4.05. The van der Waals surface area contributed by atoms with Crippen LogP contribution in [0.25, 0.3) is 0 Å². The van der Waals surface area contributed by atoms with Crippen LogP contribution >= 0.6 is 0 Å². The summed E-state index contributed by atoms with van der Waals surface area (Å²) in [6, 6.07) is 15.2. The molecule has 0 N–H and O–H groups in total. The summed E-state index contributed by atoms with van der Waals surface area (Å²) < 4.78 is 0. The highest BCUT2D eigenvalue weighted by molar-refractivity contribution is 5.47. The van der Waals surface area contributed by atoms with Crippen LogP contribution in [-0.2, 0) is 11.2 Å². The molecule has 22 heavy (non-hydrogen) atoms. The predicted octanol–water partition coefficient (Wildman–Crippen LogP) is 2.98. The van der Waals surface area contributed by atoms with E-state index in [9.17, 15) is 14.9 Å². The zero-order valence-electron chi connectivity index (χ0n) is 12.1. The Bertz CT molecular complexity index is 628. The summed E-state index contributed by atoms with van der Waals surface area (Å²) in [5, 5.41) is 11.8. The van der Waals surface area contributed by atoms with Crippen molar-refractivity contribution in [2.24, 2.45) is 0 Å². The second-order valence-electron chi connectivity index (χ2n) is 4.85. The minimum absolute atomic E-state index is 0.0256. The molecular formula is C16H16N2O4. The first-order valence-corrected chi connectivity index (χ1v) is 6.80. The number of rotatable bonds is 7. The molecule has 0 saturated carbocycles. The number of nitro groups is 1. The van der Waals surface area contributed by atoms with E-state index < -0.39 is 4.92 Å². The molecule has 0 fully saturated rings. The minimum atomic E-state index is -0.487. The Morgan fingerprint density at radius 3 is 2.36 bits per heavy atom. The van der Waals surface area contributed by atoms with E-state index in [4.69, 9.17) is 4.84 Å². The van der Waals surface area contributed by atoms with Crippen LogP contribution in [0.3, 0.4) is 0 Å². The Morgan fingerprint density at radius 1 is 1.18 bits per heavy atom. The number of nitro benzene ring substituents is 1. The van der Waals surface area contributed by atoms with Gasteiger partial charge >= 0.3 is 0 Å². The molecular weight excluding hydrogens is 284 g/mol. The highest BCUT2D eigenvalue weighted by atomic mass is 16.7. The van der Waals surface area contributed by atoms with Gasteiger partial charge < -0.3 is 4.84 Å². The van der Waals surface area contributed by atoms with Gasteiger partial charge in [-0.05, 0) is 31.0 Å². The second kappa shape index (κ2) is 7.21. The highest BCUT2D eigenvalue weighted by Gasteiger charge is 2.15. The molecule has 1 amide bonds. The lowest BCUT2D eigenvalue weighted by molar-refractivity contribution is -0.384. The summed E-state index contributed by atoms with van der Waals surface area (Å²) in [4.78, 5) is 26.8. The van der Waals surface area contributed by atoms with Gasteiger partial charge in [0.1, 0.15) is 0 Å². The van der Waals surface area contributed by atoms with Gasteiger partial charge in [0.25, 0.3) is 5.69 Å². The molecule has 6 heteroatoms. The van der Waals surface area contributed by atoms with E-state index in [-0.39, 0.29) is 11.7 Å².